The van der Waals surface area contributed by atoms with Crippen molar-refractivity contribution in [2.45, 2.75) is 25.9 Å². The number of nitrogens with one attached hydrogen (secondary N) is 1. The van der Waals surface area contributed by atoms with Gasteiger partial charge in [-0.05, 0) is 42.4 Å². The number of nitrogens with zero attached hydrogens (tertiary/aromatic N) is 2. The molecule has 0 aromatic carbocycles. The van der Waals surface area contributed by atoms with Gasteiger partial charge < -0.3 is 10.4 Å². The molecule has 78 valence electrons. The number of hydrogen-bond donors (Lipinski definition) is 2. The van der Waals surface area contributed by atoms with Crippen molar-refractivity contribution in [3.05, 3.63) is 16.1 Å². The Hall–Kier alpha value is -0.430. The summed E-state index contributed by atoms with van der Waals surface area (Å²) in [7, 11) is 0. The van der Waals surface area contributed by atoms with Crippen LogP contribution in [-0.2, 0) is 0 Å². The van der Waals surface area contributed by atoms with Gasteiger partial charge in [0.25, 0.3) is 0 Å². The maximum Gasteiger partial charge on any atom is 0.142 e. The van der Waals surface area contributed by atoms with Crippen LogP contribution in [0.3, 0.4) is 0 Å². The highest BCUT2D eigenvalue weighted by Gasteiger charge is 1.99. The van der Waals surface area contributed by atoms with Gasteiger partial charge in [0.2, 0.25) is 0 Å². The second-order valence-electron chi connectivity index (χ2n) is 3.14. The summed E-state index contributed by atoms with van der Waals surface area (Å²) in [5.74, 6) is 0.867. The predicted molar refractivity (Wildman–Crippen MR) is 64.2 cm³/mol. The lowest BCUT2D eigenvalue weighted by atomic mass is 10.2. The largest absolute Gasteiger partial charge is 0.393 e. The summed E-state index contributed by atoms with van der Waals surface area (Å²) in [6.07, 6.45) is 4.83. The molecular formula is C9H14IN3O. The van der Waals surface area contributed by atoms with Gasteiger partial charge in [-0.3, -0.25) is 0 Å². The Morgan fingerprint density at radius 3 is 3.07 bits per heavy atom. The lowest BCUT2D eigenvalue weighted by molar-refractivity contribution is 0.183. The van der Waals surface area contributed by atoms with E-state index in [9.17, 15) is 0 Å². The minimum Gasteiger partial charge on any atom is -0.393 e. The average molecular weight is 307 g/mol. The van der Waals surface area contributed by atoms with Gasteiger partial charge in [-0.1, -0.05) is 0 Å². The van der Waals surface area contributed by atoms with E-state index in [2.05, 4.69) is 37.9 Å². The molecule has 0 bridgehead atoms. The number of anilines is 1. The van der Waals surface area contributed by atoms with E-state index in [1.165, 1.54) is 6.33 Å². The molecule has 1 atom stereocenters. The monoisotopic (exact) mass is 307 g/mol. The highest BCUT2D eigenvalue weighted by molar-refractivity contribution is 14.1. The van der Waals surface area contributed by atoms with Crippen molar-refractivity contribution in [3.63, 3.8) is 0 Å². The first-order valence-electron chi connectivity index (χ1n) is 4.57. The molecule has 1 rings (SSSR count). The number of rotatable bonds is 5. The Bertz CT molecular complexity index is 281. The maximum absolute atomic E-state index is 9.05. The Morgan fingerprint density at radius 2 is 2.43 bits per heavy atom. The zero-order valence-electron chi connectivity index (χ0n) is 8.07. The molecule has 1 heterocycles. The number of halogens is 1. The molecule has 0 radical (unpaired) electrons. The van der Waals surface area contributed by atoms with Crippen molar-refractivity contribution in [1.82, 2.24) is 9.97 Å². The van der Waals surface area contributed by atoms with Crippen molar-refractivity contribution in [2.24, 2.45) is 0 Å². The maximum atomic E-state index is 9.05. The lowest BCUT2D eigenvalue weighted by Gasteiger charge is -2.07. The quantitative estimate of drug-likeness (QED) is 0.641. The molecule has 0 aliphatic carbocycles. The molecule has 0 spiro atoms. The molecule has 1 aromatic rings. The molecule has 4 nitrogen and oxygen atoms in total. The van der Waals surface area contributed by atoms with Gasteiger partial charge in [0.05, 0.1) is 9.67 Å². The molecule has 2 N–H and O–H groups in total. The van der Waals surface area contributed by atoms with Crippen LogP contribution in [0.4, 0.5) is 5.82 Å². The van der Waals surface area contributed by atoms with Crippen LogP contribution >= 0.6 is 22.6 Å². The van der Waals surface area contributed by atoms with Crippen LogP contribution in [0.2, 0.25) is 0 Å². The zero-order valence-corrected chi connectivity index (χ0v) is 10.2. The molecule has 1 aromatic heterocycles. The van der Waals surface area contributed by atoms with E-state index in [1.54, 1.807) is 13.1 Å². The summed E-state index contributed by atoms with van der Waals surface area (Å²) in [5.41, 5.74) is 0. The fourth-order valence-corrected chi connectivity index (χ4v) is 1.54. The molecule has 0 fully saturated rings. The molecule has 0 aliphatic rings. The fourth-order valence-electron chi connectivity index (χ4n) is 1.05. The van der Waals surface area contributed by atoms with Crippen LogP contribution in [0.1, 0.15) is 19.8 Å². The third-order valence-electron chi connectivity index (χ3n) is 1.76. The highest BCUT2D eigenvalue weighted by Crippen LogP contribution is 2.12. The van der Waals surface area contributed by atoms with Crippen LogP contribution in [0.5, 0.6) is 0 Å². The van der Waals surface area contributed by atoms with Gasteiger partial charge in [-0.25, -0.2) is 9.97 Å². The van der Waals surface area contributed by atoms with E-state index in [0.717, 1.165) is 28.8 Å². The summed E-state index contributed by atoms with van der Waals surface area (Å²) in [6, 6.07) is 0. The predicted octanol–water partition coefficient (Wildman–Crippen LogP) is 1.65. The molecule has 0 saturated carbocycles. The third-order valence-corrected chi connectivity index (χ3v) is 2.55. The van der Waals surface area contributed by atoms with Crippen LogP contribution in [0.15, 0.2) is 12.5 Å². The van der Waals surface area contributed by atoms with Crippen LogP contribution in [0, 0.1) is 3.57 Å². The minimum atomic E-state index is -0.221. The summed E-state index contributed by atoms with van der Waals surface area (Å²) in [6.45, 7) is 2.63. The van der Waals surface area contributed by atoms with E-state index in [1.807, 2.05) is 0 Å². The van der Waals surface area contributed by atoms with Gasteiger partial charge in [0, 0.05) is 12.7 Å². The molecule has 0 amide bonds. The first-order chi connectivity index (χ1) is 6.70. The van der Waals surface area contributed by atoms with E-state index >= 15 is 0 Å². The van der Waals surface area contributed by atoms with Crippen molar-refractivity contribution >= 4 is 28.4 Å². The first-order valence-corrected chi connectivity index (χ1v) is 5.65. The summed E-state index contributed by atoms with van der Waals surface area (Å²) in [4.78, 5) is 8.01. The van der Waals surface area contributed by atoms with Crippen LogP contribution < -0.4 is 5.32 Å². The third kappa shape index (κ3) is 4.19. The van der Waals surface area contributed by atoms with Gasteiger partial charge in [-0.2, -0.15) is 0 Å². The average Bonchev–Trinajstić information content (AvgIpc) is 2.15. The number of aromatic nitrogens is 2. The molecule has 5 heteroatoms. The second kappa shape index (κ2) is 6.13. The van der Waals surface area contributed by atoms with Gasteiger partial charge in [0.15, 0.2) is 0 Å². The van der Waals surface area contributed by atoms with Crippen molar-refractivity contribution in [1.29, 1.82) is 0 Å². The van der Waals surface area contributed by atoms with Crippen molar-refractivity contribution in [3.8, 4) is 0 Å². The number of hydrogen-bond acceptors (Lipinski definition) is 4. The Kier molecular flexibility index (Phi) is 5.10. The van der Waals surface area contributed by atoms with Crippen LogP contribution in [-0.4, -0.2) is 27.7 Å². The van der Waals surface area contributed by atoms with Gasteiger partial charge in [-0.15, -0.1) is 0 Å². The fraction of sp³-hybridized carbons (Fsp3) is 0.556. The molecule has 1 unspecified atom stereocenters. The lowest BCUT2D eigenvalue weighted by Crippen LogP contribution is -2.08. The number of aliphatic hydroxyl groups is 1. The molecule has 0 aliphatic heterocycles. The number of aliphatic hydroxyl groups excluding tert-OH is 1. The first kappa shape index (κ1) is 11.6. The topological polar surface area (TPSA) is 58.0 Å². The summed E-state index contributed by atoms with van der Waals surface area (Å²) >= 11 is 2.19. The minimum absolute atomic E-state index is 0.221. The Labute approximate surface area is 97.3 Å². The van der Waals surface area contributed by atoms with Crippen molar-refractivity contribution < 1.29 is 5.11 Å². The molecular weight excluding hydrogens is 293 g/mol. The van der Waals surface area contributed by atoms with Crippen molar-refractivity contribution in [2.75, 3.05) is 11.9 Å². The van der Waals surface area contributed by atoms with E-state index in [-0.39, 0.29) is 6.10 Å². The Morgan fingerprint density at radius 1 is 1.64 bits per heavy atom. The second-order valence-corrected chi connectivity index (χ2v) is 4.30. The van der Waals surface area contributed by atoms with E-state index in [4.69, 9.17) is 5.11 Å². The Balaban J connectivity index is 2.28. The smallest absolute Gasteiger partial charge is 0.142 e. The van der Waals surface area contributed by atoms with E-state index in [0.29, 0.717) is 0 Å². The van der Waals surface area contributed by atoms with Gasteiger partial charge in [0.1, 0.15) is 12.1 Å². The SMILES string of the molecule is CC(O)CCCNc1ncncc1I. The molecule has 0 saturated heterocycles. The standard InChI is InChI=1S/C9H14IN3O/c1-7(14)3-2-4-12-9-8(10)5-11-6-13-9/h5-7,14H,2-4H2,1H3,(H,11,12,13). The van der Waals surface area contributed by atoms with Gasteiger partial charge >= 0.3 is 0 Å². The summed E-state index contributed by atoms with van der Waals surface area (Å²) < 4.78 is 1.02. The molecule has 14 heavy (non-hydrogen) atoms. The van der Waals surface area contributed by atoms with Crippen LogP contribution in [0.25, 0.3) is 0 Å². The van der Waals surface area contributed by atoms with E-state index < -0.39 is 0 Å². The zero-order chi connectivity index (χ0) is 10.4. The summed E-state index contributed by atoms with van der Waals surface area (Å²) in [5, 5.41) is 12.2. The normalized spacial score (nSPS) is 12.5. The highest BCUT2D eigenvalue weighted by atomic mass is 127.